The van der Waals surface area contributed by atoms with Crippen LogP contribution in [0.2, 0.25) is 0 Å². The summed E-state index contributed by atoms with van der Waals surface area (Å²) in [6.45, 7) is 2.08. The smallest absolute Gasteiger partial charge is 0.235 e. The largest absolute Gasteiger partial charge is 0.492 e. The molecule has 0 radical (unpaired) electrons. The summed E-state index contributed by atoms with van der Waals surface area (Å²) in [7, 11) is 0. The number of halogens is 2. The zero-order valence-electron chi connectivity index (χ0n) is 11.3. The lowest BCUT2D eigenvalue weighted by molar-refractivity contribution is -0.117. The fourth-order valence-corrected chi connectivity index (χ4v) is 2.72. The van der Waals surface area contributed by atoms with E-state index in [1.165, 1.54) is 6.07 Å². The van der Waals surface area contributed by atoms with Gasteiger partial charge in [-0.1, -0.05) is 18.2 Å². The summed E-state index contributed by atoms with van der Waals surface area (Å²) in [5.74, 6) is -0.0966. The van der Waals surface area contributed by atoms with Gasteiger partial charge in [-0.15, -0.1) is 0 Å². The lowest BCUT2D eigenvalue weighted by Crippen LogP contribution is -2.22. The Hall–Kier alpha value is -1.88. The van der Waals surface area contributed by atoms with Crippen LogP contribution >= 0.6 is 15.9 Å². The van der Waals surface area contributed by atoms with Gasteiger partial charge < -0.3 is 10.1 Å². The summed E-state index contributed by atoms with van der Waals surface area (Å²) in [6, 6.07) is 10.5. The Bertz CT molecular complexity index is 717. The highest BCUT2D eigenvalue weighted by Crippen LogP contribution is 2.34. The van der Waals surface area contributed by atoms with Crippen molar-refractivity contribution >= 4 is 27.5 Å². The zero-order valence-corrected chi connectivity index (χ0v) is 12.9. The molecule has 0 saturated heterocycles. The molecule has 0 spiro atoms. The molecule has 0 fully saturated rings. The van der Waals surface area contributed by atoms with Gasteiger partial charge in [-0.2, -0.15) is 0 Å². The third-order valence-electron chi connectivity index (χ3n) is 3.54. The van der Waals surface area contributed by atoms with E-state index in [2.05, 4.69) is 21.2 Å². The third-order valence-corrected chi connectivity index (χ3v) is 4.15. The van der Waals surface area contributed by atoms with Gasteiger partial charge in [0.25, 0.3) is 0 Å². The molecule has 1 aliphatic heterocycles. The van der Waals surface area contributed by atoms with Crippen molar-refractivity contribution in [3.63, 3.8) is 0 Å². The van der Waals surface area contributed by atoms with Crippen LogP contribution in [0.25, 0.3) is 0 Å². The number of carbonyl (C=O) groups is 1. The summed E-state index contributed by atoms with van der Waals surface area (Å²) in [4.78, 5) is 12.4. The van der Waals surface area contributed by atoms with E-state index in [4.69, 9.17) is 4.74 Å². The highest BCUT2D eigenvalue weighted by molar-refractivity contribution is 9.10. The van der Waals surface area contributed by atoms with Gasteiger partial charge in [0.15, 0.2) is 0 Å². The van der Waals surface area contributed by atoms with Crippen molar-refractivity contribution in [2.24, 2.45) is 0 Å². The molecule has 0 aromatic heterocycles. The number of aryl methyl sites for hydroxylation is 1. The summed E-state index contributed by atoms with van der Waals surface area (Å²) < 4.78 is 19.3. The van der Waals surface area contributed by atoms with Gasteiger partial charge >= 0.3 is 0 Å². The Morgan fingerprint density at radius 2 is 2.14 bits per heavy atom. The number of fused-ring (bicyclic) bond motifs is 1. The van der Waals surface area contributed by atoms with Crippen LogP contribution in [0.4, 0.5) is 10.1 Å². The fourth-order valence-electron chi connectivity index (χ4n) is 2.38. The highest BCUT2D eigenvalue weighted by Gasteiger charge is 2.30. The van der Waals surface area contributed by atoms with Gasteiger partial charge in [0.05, 0.1) is 4.47 Å². The van der Waals surface area contributed by atoms with Crippen LogP contribution in [0.1, 0.15) is 17.0 Å². The van der Waals surface area contributed by atoms with E-state index in [1.54, 1.807) is 13.0 Å². The minimum absolute atomic E-state index is 0.151. The molecular formula is C16H13BrFNO2. The molecule has 21 heavy (non-hydrogen) atoms. The predicted octanol–water partition coefficient (Wildman–Crippen LogP) is 4.01. The molecule has 0 aliphatic carbocycles. The number of ether oxygens (including phenoxy) is 1. The minimum atomic E-state index is -0.347. The van der Waals surface area contributed by atoms with E-state index in [-0.39, 0.29) is 17.6 Å². The van der Waals surface area contributed by atoms with Crippen molar-refractivity contribution in [3.05, 3.63) is 57.8 Å². The molecule has 2 aromatic carbocycles. The van der Waals surface area contributed by atoms with E-state index < -0.39 is 0 Å². The first-order valence-electron chi connectivity index (χ1n) is 6.54. The van der Waals surface area contributed by atoms with Crippen LogP contribution in [-0.4, -0.2) is 12.5 Å². The van der Waals surface area contributed by atoms with Crippen molar-refractivity contribution in [2.45, 2.75) is 12.8 Å². The molecule has 1 amide bonds. The minimum Gasteiger partial charge on any atom is -0.492 e. The molecule has 108 valence electrons. The van der Waals surface area contributed by atoms with Gasteiger partial charge in [0.2, 0.25) is 5.91 Å². The molecule has 5 heteroatoms. The molecule has 1 atom stereocenters. The Balaban J connectivity index is 1.84. The standard InChI is InChI=1S/C16H13BrFNO2/c1-9-6-13(18)12(17)7-14(9)19-16(20)11-8-21-15-5-3-2-4-10(11)15/h2-7,11H,8H2,1H3,(H,19,20). The maximum absolute atomic E-state index is 13.4. The topological polar surface area (TPSA) is 38.3 Å². The molecule has 3 nitrogen and oxygen atoms in total. The van der Waals surface area contributed by atoms with Gasteiger partial charge in [-0.3, -0.25) is 4.79 Å². The van der Waals surface area contributed by atoms with Crippen LogP contribution in [-0.2, 0) is 4.79 Å². The molecular weight excluding hydrogens is 337 g/mol. The Labute approximate surface area is 130 Å². The van der Waals surface area contributed by atoms with Crippen molar-refractivity contribution in [2.75, 3.05) is 11.9 Å². The van der Waals surface area contributed by atoms with Crippen LogP contribution in [0.5, 0.6) is 5.75 Å². The van der Waals surface area contributed by atoms with Crippen molar-refractivity contribution in [1.82, 2.24) is 0 Å². The fraction of sp³-hybridized carbons (Fsp3) is 0.188. The number of nitrogens with one attached hydrogen (secondary N) is 1. The van der Waals surface area contributed by atoms with E-state index >= 15 is 0 Å². The molecule has 0 bridgehead atoms. The summed E-state index contributed by atoms with van der Waals surface area (Å²) in [5, 5.41) is 2.85. The van der Waals surface area contributed by atoms with Gasteiger partial charge in [0, 0.05) is 11.3 Å². The maximum Gasteiger partial charge on any atom is 0.235 e. The average molecular weight is 350 g/mol. The van der Waals surface area contributed by atoms with E-state index in [0.29, 0.717) is 22.3 Å². The second-order valence-electron chi connectivity index (χ2n) is 4.97. The quantitative estimate of drug-likeness (QED) is 0.889. The zero-order chi connectivity index (χ0) is 15.0. The second kappa shape index (κ2) is 5.48. The monoisotopic (exact) mass is 349 g/mol. The summed E-state index contributed by atoms with van der Waals surface area (Å²) >= 11 is 3.13. The number of anilines is 1. The van der Waals surface area contributed by atoms with E-state index in [1.807, 2.05) is 24.3 Å². The highest BCUT2D eigenvalue weighted by atomic mass is 79.9. The Morgan fingerprint density at radius 3 is 2.95 bits per heavy atom. The lowest BCUT2D eigenvalue weighted by atomic mass is 10.0. The number of hydrogen-bond donors (Lipinski definition) is 1. The summed E-state index contributed by atoms with van der Waals surface area (Å²) in [6.07, 6.45) is 0. The first kappa shape index (κ1) is 14.1. The van der Waals surface area contributed by atoms with Crippen LogP contribution in [0, 0.1) is 12.7 Å². The van der Waals surface area contributed by atoms with Crippen LogP contribution in [0.15, 0.2) is 40.9 Å². The molecule has 0 saturated carbocycles. The molecule has 1 heterocycles. The van der Waals surface area contributed by atoms with Gasteiger partial charge in [-0.25, -0.2) is 4.39 Å². The van der Waals surface area contributed by atoms with Crippen molar-refractivity contribution in [1.29, 1.82) is 0 Å². The Morgan fingerprint density at radius 1 is 1.38 bits per heavy atom. The normalized spacial score (nSPS) is 16.2. The van der Waals surface area contributed by atoms with Crippen LogP contribution < -0.4 is 10.1 Å². The molecule has 1 aliphatic rings. The van der Waals surface area contributed by atoms with Crippen LogP contribution in [0.3, 0.4) is 0 Å². The number of carbonyl (C=O) groups excluding carboxylic acids is 1. The van der Waals surface area contributed by atoms with E-state index in [9.17, 15) is 9.18 Å². The average Bonchev–Trinajstić information content (AvgIpc) is 2.88. The molecule has 1 unspecified atom stereocenters. The number of amides is 1. The second-order valence-corrected chi connectivity index (χ2v) is 5.83. The molecule has 2 aromatic rings. The predicted molar refractivity (Wildman–Crippen MR) is 82.1 cm³/mol. The number of benzene rings is 2. The van der Waals surface area contributed by atoms with Crippen molar-refractivity contribution in [3.8, 4) is 5.75 Å². The number of para-hydroxylation sites is 1. The number of rotatable bonds is 2. The maximum atomic E-state index is 13.4. The molecule has 3 rings (SSSR count). The third kappa shape index (κ3) is 2.65. The first-order chi connectivity index (χ1) is 10.1. The van der Waals surface area contributed by atoms with Gasteiger partial charge in [0.1, 0.15) is 24.1 Å². The van der Waals surface area contributed by atoms with E-state index in [0.717, 1.165) is 11.3 Å². The first-order valence-corrected chi connectivity index (χ1v) is 7.34. The lowest BCUT2D eigenvalue weighted by Gasteiger charge is -2.13. The molecule has 1 N–H and O–H groups in total. The van der Waals surface area contributed by atoms with Crippen molar-refractivity contribution < 1.29 is 13.9 Å². The Kier molecular flexibility index (Phi) is 3.68. The van der Waals surface area contributed by atoms with Gasteiger partial charge in [-0.05, 0) is 46.6 Å². The summed E-state index contributed by atoms with van der Waals surface area (Å²) in [5.41, 5.74) is 2.16. The number of hydrogen-bond acceptors (Lipinski definition) is 2. The SMILES string of the molecule is Cc1cc(F)c(Br)cc1NC(=O)C1COc2ccccc21.